The molecule has 2 aromatic rings. The summed E-state index contributed by atoms with van der Waals surface area (Å²) in [4.78, 5) is 12.6. The Morgan fingerprint density at radius 1 is 1.04 bits per heavy atom. The van der Waals surface area contributed by atoms with Gasteiger partial charge in [0, 0.05) is 16.2 Å². The lowest BCUT2D eigenvalue weighted by molar-refractivity contribution is 0.102. The molecule has 0 heterocycles. The number of aliphatic hydroxyl groups is 1. The lowest BCUT2D eigenvalue weighted by Crippen LogP contribution is -2.12. The van der Waals surface area contributed by atoms with Crippen LogP contribution in [0.2, 0.25) is 5.02 Å². The molecule has 0 saturated heterocycles. The highest BCUT2D eigenvalue weighted by molar-refractivity contribution is 6.30. The molecule has 0 saturated carbocycles. The molecule has 0 radical (unpaired) electrons. The van der Waals surface area contributed by atoms with Crippen LogP contribution in [0.4, 0.5) is 0 Å². The number of hydrogen-bond acceptors (Lipinski definition) is 2. The van der Waals surface area contributed by atoms with Gasteiger partial charge in [-0.3, -0.25) is 4.79 Å². The fraction of sp³-hybridized carbons (Fsp3) is 0.150. The highest BCUT2D eigenvalue weighted by atomic mass is 35.5. The molecule has 0 unspecified atom stereocenters. The minimum atomic E-state index is -0.0974. The minimum absolute atomic E-state index is 0.0974. The number of carbonyl (C=O) groups excluding carboxylic acids is 1. The van der Waals surface area contributed by atoms with E-state index in [1.165, 1.54) is 0 Å². The largest absolute Gasteiger partial charge is 0.507 e. The molecule has 0 amide bonds. The molecular formula is C20H17ClO2. The number of benzene rings is 2. The van der Waals surface area contributed by atoms with E-state index in [9.17, 15) is 9.90 Å². The summed E-state index contributed by atoms with van der Waals surface area (Å²) in [5.41, 5.74) is 2.82. The predicted octanol–water partition coefficient (Wildman–Crippen LogP) is 5.60. The first-order chi connectivity index (χ1) is 11.1. The van der Waals surface area contributed by atoms with Gasteiger partial charge >= 0.3 is 0 Å². The molecule has 0 spiro atoms. The molecule has 3 rings (SSSR count). The van der Waals surface area contributed by atoms with Crippen molar-refractivity contribution in [2.24, 2.45) is 0 Å². The molecule has 0 bridgehead atoms. The summed E-state index contributed by atoms with van der Waals surface area (Å²) in [6.07, 6.45) is 4.11. The monoisotopic (exact) mass is 324 g/mol. The zero-order valence-electron chi connectivity index (χ0n) is 12.6. The third-order valence-electron chi connectivity index (χ3n) is 3.96. The summed E-state index contributed by atoms with van der Waals surface area (Å²) in [5, 5.41) is 11.2. The van der Waals surface area contributed by atoms with E-state index in [0.29, 0.717) is 22.6 Å². The van der Waals surface area contributed by atoms with Gasteiger partial charge in [-0.2, -0.15) is 0 Å². The third kappa shape index (κ3) is 3.54. The van der Waals surface area contributed by atoms with Crippen molar-refractivity contribution in [1.82, 2.24) is 0 Å². The lowest BCUT2D eigenvalue weighted by Gasteiger charge is -2.18. The Kier molecular flexibility index (Phi) is 4.63. The molecule has 2 nitrogen and oxygen atoms in total. The van der Waals surface area contributed by atoms with Crippen LogP contribution < -0.4 is 0 Å². The first-order valence-corrected chi connectivity index (χ1v) is 8.01. The molecular weight excluding hydrogens is 308 g/mol. The Balaban J connectivity index is 1.96. The number of aliphatic hydroxyl groups excluding tert-OH is 1. The Bertz CT molecular complexity index is 788. The van der Waals surface area contributed by atoms with Gasteiger partial charge < -0.3 is 5.11 Å². The van der Waals surface area contributed by atoms with Crippen LogP contribution in [0.5, 0.6) is 0 Å². The summed E-state index contributed by atoms with van der Waals surface area (Å²) >= 11 is 6.00. The number of allylic oxidation sites excluding steroid dienone is 2. The van der Waals surface area contributed by atoms with Crippen molar-refractivity contribution >= 4 is 23.5 Å². The Morgan fingerprint density at radius 2 is 1.83 bits per heavy atom. The zero-order chi connectivity index (χ0) is 16.2. The highest BCUT2D eigenvalue weighted by Gasteiger charge is 2.23. The van der Waals surface area contributed by atoms with Gasteiger partial charge in [-0.15, -0.1) is 0 Å². The fourth-order valence-electron chi connectivity index (χ4n) is 2.81. The van der Waals surface area contributed by atoms with Crippen molar-refractivity contribution < 1.29 is 9.90 Å². The van der Waals surface area contributed by atoms with Gasteiger partial charge in [-0.1, -0.05) is 54.1 Å². The number of Topliss-reactive ketones (excluding diaryl/α,β-unsaturated/α-hetero) is 1. The number of ketones is 1. The van der Waals surface area contributed by atoms with E-state index >= 15 is 0 Å². The average molecular weight is 325 g/mol. The van der Waals surface area contributed by atoms with Gasteiger partial charge in [0.15, 0.2) is 5.78 Å². The second-order valence-electron chi connectivity index (χ2n) is 5.60. The lowest BCUT2D eigenvalue weighted by atomic mass is 9.88. The van der Waals surface area contributed by atoms with Gasteiger partial charge in [-0.25, -0.2) is 0 Å². The van der Waals surface area contributed by atoms with E-state index < -0.39 is 0 Å². The van der Waals surface area contributed by atoms with Crippen LogP contribution in [-0.2, 0) is 0 Å². The first kappa shape index (κ1) is 15.6. The summed E-state index contributed by atoms with van der Waals surface area (Å²) in [5.74, 6) is 0.0184. The molecule has 23 heavy (non-hydrogen) atoms. The van der Waals surface area contributed by atoms with E-state index in [-0.39, 0.29) is 11.5 Å². The SMILES string of the molecule is O=C(C1=C(O)/C(=C/c2cccc(Cl)c2)CCC1)c1ccccc1. The molecule has 1 aliphatic carbocycles. The molecule has 0 atom stereocenters. The maximum atomic E-state index is 12.6. The smallest absolute Gasteiger partial charge is 0.192 e. The van der Waals surface area contributed by atoms with Crippen LogP contribution in [0.1, 0.15) is 35.2 Å². The quantitative estimate of drug-likeness (QED) is 0.746. The number of carbonyl (C=O) groups is 1. The van der Waals surface area contributed by atoms with Gasteiger partial charge in [0.25, 0.3) is 0 Å². The van der Waals surface area contributed by atoms with Crippen LogP contribution in [0.15, 0.2) is 71.5 Å². The highest BCUT2D eigenvalue weighted by Crippen LogP contribution is 2.31. The maximum absolute atomic E-state index is 12.6. The second-order valence-corrected chi connectivity index (χ2v) is 6.04. The number of rotatable bonds is 3. The zero-order valence-corrected chi connectivity index (χ0v) is 13.4. The maximum Gasteiger partial charge on any atom is 0.192 e. The Morgan fingerprint density at radius 3 is 2.57 bits per heavy atom. The van der Waals surface area contributed by atoms with Crippen molar-refractivity contribution in [2.45, 2.75) is 19.3 Å². The van der Waals surface area contributed by atoms with E-state index in [4.69, 9.17) is 11.6 Å². The van der Waals surface area contributed by atoms with E-state index in [0.717, 1.165) is 24.0 Å². The van der Waals surface area contributed by atoms with Crippen molar-refractivity contribution in [3.63, 3.8) is 0 Å². The van der Waals surface area contributed by atoms with Crippen LogP contribution in [0.3, 0.4) is 0 Å². The minimum Gasteiger partial charge on any atom is -0.507 e. The standard InChI is InChI=1S/C20H17ClO2/c21-17-10-4-6-14(13-17)12-16-9-5-11-18(20(16)23)19(22)15-7-2-1-3-8-15/h1-4,6-8,10,12-13,23H,5,9,11H2/b16-12+. The molecule has 1 aliphatic rings. The van der Waals surface area contributed by atoms with Crippen molar-refractivity contribution in [3.8, 4) is 0 Å². The predicted molar refractivity (Wildman–Crippen MR) is 93.7 cm³/mol. The van der Waals surface area contributed by atoms with E-state index in [2.05, 4.69) is 0 Å². The summed E-state index contributed by atoms with van der Waals surface area (Å²) in [6.45, 7) is 0. The van der Waals surface area contributed by atoms with Gasteiger partial charge in [0.2, 0.25) is 0 Å². The van der Waals surface area contributed by atoms with Crippen molar-refractivity contribution in [2.75, 3.05) is 0 Å². The molecule has 116 valence electrons. The van der Waals surface area contributed by atoms with Crippen LogP contribution in [0.25, 0.3) is 6.08 Å². The topological polar surface area (TPSA) is 37.3 Å². The van der Waals surface area contributed by atoms with Crippen LogP contribution in [-0.4, -0.2) is 10.9 Å². The van der Waals surface area contributed by atoms with Crippen molar-refractivity contribution in [1.29, 1.82) is 0 Å². The fourth-order valence-corrected chi connectivity index (χ4v) is 3.01. The molecule has 0 aromatic heterocycles. The molecule has 0 fully saturated rings. The molecule has 2 aromatic carbocycles. The number of hydrogen-bond donors (Lipinski definition) is 1. The second kappa shape index (κ2) is 6.84. The Hall–Kier alpha value is -2.32. The Labute approximate surface area is 140 Å². The first-order valence-electron chi connectivity index (χ1n) is 7.63. The molecule has 1 N–H and O–H groups in total. The van der Waals surface area contributed by atoms with E-state index in [1.54, 1.807) is 12.1 Å². The van der Waals surface area contributed by atoms with Crippen LogP contribution in [0, 0.1) is 0 Å². The average Bonchev–Trinajstić information content (AvgIpc) is 2.57. The summed E-state index contributed by atoms with van der Waals surface area (Å²) < 4.78 is 0. The molecule has 0 aliphatic heterocycles. The van der Waals surface area contributed by atoms with E-state index in [1.807, 2.05) is 48.5 Å². The van der Waals surface area contributed by atoms with Gasteiger partial charge in [-0.05, 0) is 48.6 Å². The summed E-state index contributed by atoms with van der Waals surface area (Å²) in [6, 6.07) is 16.5. The third-order valence-corrected chi connectivity index (χ3v) is 4.20. The van der Waals surface area contributed by atoms with Gasteiger partial charge in [0.1, 0.15) is 5.76 Å². The van der Waals surface area contributed by atoms with Gasteiger partial charge in [0.05, 0.1) is 0 Å². The van der Waals surface area contributed by atoms with Crippen molar-refractivity contribution in [3.05, 3.63) is 87.7 Å². The van der Waals surface area contributed by atoms with Crippen LogP contribution >= 0.6 is 11.6 Å². The normalized spacial score (nSPS) is 16.7. The number of halogens is 1. The summed E-state index contributed by atoms with van der Waals surface area (Å²) in [7, 11) is 0. The molecule has 3 heteroatoms.